The average molecular weight is 251 g/mol. The smallest absolute Gasteiger partial charge is 0.270 e. The first-order valence-corrected chi connectivity index (χ1v) is 6.37. The van der Waals surface area contributed by atoms with Gasteiger partial charge in [-0.15, -0.1) is 0 Å². The van der Waals surface area contributed by atoms with Crippen molar-refractivity contribution < 1.29 is 9.53 Å². The Hall–Kier alpha value is -1.33. The largest absolute Gasteiger partial charge is 0.383 e. The Morgan fingerprint density at radius 3 is 3.11 bits per heavy atom. The van der Waals surface area contributed by atoms with Gasteiger partial charge >= 0.3 is 0 Å². The first kappa shape index (κ1) is 13.1. The molecule has 5 heteroatoms. The van der Waals surface area contributed by atoms with E-state index in [9.17, 15) is 4.79 Å². The SMILES string of the molecule is CNC1CCN(C(=O)c2cccn2CCOC)C1. The molecule has 1 unspecified atom stereocenters. The fourth-order valence-corrected chi connectivity index (χ4v) is 2.34. The molecule has 0 aliphatic carbocycles. The molecule has 1 saturated heterocycles. The van der Waals surface area contributed by atoms with E-state index in [4.69, 9.17) is 4.74 Å². The van der Waals surface area contributed by atoms with Crippen molar-refractivity contribution in [2.45, 2.75) is 19.0 Å². The van der Waals surface area contributed by atoms with Crippen LogP contribution in [0.4, 0.5) is 0 Å². The number of hydrogen-bond donors (Lipinski definition) is 1. The van der Waals surface area contributed by atoms with Crippen molar-refractivity contribution in [2.75, 3.05) is 33.9 Å². The summed E-state index contributed by atoms with van der Waals surface area (Å²) in [5.74, 6) is 0.119. The minimum atomic E-state index is 0.119. The molecule has 18 heavy (non-hydrogen) atoms. The summed E-state index contributed by atoms with van der Waals surface area (Å²) >= 11 is 0. The molecule has 0 aromatic carbocycles. The van der Waals surface area contributed by atoms with Crippen molar-refractivity contribution in [3.8, 4) is 0 Å². The summed E-state index contributed by atoms with van der Waals surface area (Å²) in [6.45, 7) is 2.96. The normalized spacial score (nSPS) is 19.4. The Morgan fingerprint density at radius 2 is 2.44 bits per heavy atom. The number of likely N-dealkylation sites (N-methyl/N-ethyl adjacent to an activating group) is 1. The molecule has 1 aliphatic rings. The molecule has 1 aromatic rings. The molecule has 0 spiro atoms. The molecule has 1 aromatic heterocycles. The first-order chi connectivity index (χ1) is 8.76. The molecular weight excluding hydrogens is 230 g/mol. The molecule has 5 nitrogen and oxygen atoms in total. The fraction of sp³-hybridized carbons (Fsp3) is 0.615. The molecule has 0 saturated carbocycles. The zero-order valence-corrected chi connectivity index (χ0v) is 11.1. The van der Waals surface area contributed by atoms with Crippen LogP contribution in [0.1, 0.15) is 16.9 Å². The van der Waals surface area contributed by atoms with E-state index in [-0.39, 0.29) is 5.91 Å². The van der Waals surface area contributed by atoms with Gasteiger partial charge in [0.05, 0.1) is 6.61 Å². The minimum absolute atomic E-state index is 0.119. The highest BCUT2D eigenvalue weighted by atomic mass is 16.5. The highest BCUT2D eigenvalue weighted by Gasteiger charge is 2.27. The van der Waals surface area contributed by atoms with Crippen molar-refractivity contribution in [2.24, 2.45) is 0 Å². The quantitative estimate of drug-likeness (QED) is 0.832. The number of nitrogens with one attached hydrogen (secondary N) is 1. The van der Waals surface area contributed by atoms with E-state index >= 15 is 0 Å². The maximum absolute atomic E-state index is 12.4. The van der Waals surface area contributed by atoms with Gasteiger partial charge < -0.3 is 19.5 Å². The van der Waals surface area contributed by atoms with E-state index in [0.717, 1.165) is 25.2 Å². The molecule has 1 amide bonds. The predicted octanol–water partition coefficient (Wildman–Crippen LogP) is 0.568. The number of likely N-dealkylation sites (tertiary alicyclic amines) is 1. The molecule has 1 atom stereocenters. The van der Waals surface area contributed by atoms with Gasteiger partial charge in [0.2, 0.25) is 0 Å². The van der Waals surface area contributed by atoms with Gasteiger partial charge in [0.15, 0.2) is 0 Å². The van der Waals surface area contributed by atoms with Crippen LogP contribution in [0.5, 0.6) is 0 Å². The van der Waals surface area contributed by atoms with Crippen LogP contribution in [-0.4, -0.2) is 55.3 Å². The number of ether oxygens (including phenoxy) is 1. The van der Waals surface area contributed by atoms with Crippen LogP contribution >= 0.6 is 0 Å². The number of methoxy groups -OCH3 is 1. The Kier molecular flexibility index (Phi) is 4.38. The van der Waals surface area contributed by atoms with Crippen molar-refractivity contribution in [1.82, 2.24) is 14.8 Å². The molecule has 2 rings (SSSR count). The van der Waals surface area contributed by atoms with E-state index in [1.165, 1.54) is 0 Å². The maximum atomic E-state index is 12.4. The van der Waals surface area contributed by atoms with Crippen molar-refractivity contribution in [3.63, 3.8) is 0 Å². The van der Waals surface area contributed by atoms with E-state index in [2.05, 4.69) is 5.32 Å². The molecule has 1 fully saturated rings. The second-order valence-electron chi connectivity index (χ2n) is 4.61. The zero-order valence-electron chi connectivity index (χ0n) is 11.1. The molecule has 0 bridgehead atoms. The third-order valence-electron chi connectivity index (χ3n) is 3.47. The lowest BCUT2D eigenvalue weighted by molar-refractivity contribution is 0.0776. The number of amides is 1. The van der Waals surface area contributed by atoms with Gasteiger partial charge in [-0.1, -0.05) is 0 Å². The van der Waals surface area contributed by atoms with E-state index < -0.39 is 0 Å². The third-order valence-corrected chi connectivity index (χ3v) is 3.47. The Bertz CT molecular complexity index is 403. The summed E-state index contributed by atoms with van der Waals surface area (Å²) in [5.41, 5.74) is 0.754. The summed E-state index contributed by atoms with van der Waals surface area (Å²) < 4.78 is 7.01. The van der Waals surface area contributed by atoms with Gasteiger partial charge in [0, 0.05) is 39.0 Å². The van der Waals surface area contributed by atoms with E-state index in [1.54, 1.807) is 7.11 Å². The van der Waals surface area contributed by atoms with Crippen LogP contribution in [0.3, 0.4) is 0 Å². The molecule has 1 aliphatic heterocycles. The number of rotatable bonds is 5. The highest BCUT2D eigenvalue weighted by molar-refractivity contribution is 5.93. The lowest BCUT2D eigenvalue weighted by Crippen LogP contribution is -2.34. The monoisotopic (exact) mass is 251 g/mol. The van der Waals surface area contributed by atoms with Crippen LogP contribution in [0.25, 0.3) is 0 Å². The number of aromatic nitrogens is 1. The topological polar surface area (TPSA) is 46.5 Å². The van der Waals surface area contributed by atoms with Crippen molar-refractivity contribution >= 4 is 5.91 Å². The lowest BCUT2D eigenvalue weighted by Gasteiger charge is -2.17. The summed E-state index contributed by atoms with van der Waals surface area (Å²) in [5, 5.41) is 3.22. The number of carbonyl (C=O) groups excluding carboxylic acids is 1. The zero-order chi connectivity index (χ0) is 13.0. The third kappa shape index (κ3) is 2.73. The van der Waals surface area contributed by atoms with Gasteiger partial charge in [-0.05, 0) is 25.6 Å². The standard InChI is InChI=1S/C13H21N3O2/c1-14-11-5-7-16(10-11)13(17)12-4-3-6-15(12)8-9-18-2/h3-4,6,11,14H,5,7-10H2,1-2H3. The van der Waals surface area contributed by atoms with Gasteiger partial charge in [-0.25, -0.2) is 0 Å². The molecule has 2 heterocycles. The van der Waals surface area contributed by atoms with Gasteiger partial charge in [0.25, 0.3) is 5.91 Å². The van der Waals surface area contributed by atoms with Crippen LogP contribution in [-0.2, 0) is 11.3 Å². The molecular formula is C13H21N3O2. The first-order valence-electron chi connectivity index (χ1n) is 6.37. The second-order valence-corrected chi connectivity index (χ2v) is 4.61. The van der Waals surface area contributed by atoms with Crippen LogP contribution in [0, 0.1) is 0 Å². The number of nitrogens with zero attached hydrogens (tertiary/aromatic N) is 2. The average Bonchev–Trinajstić information content (AvgIpc) is 3.04. The summed E-state index contributed by atoms with van der Waals surface area (Å²) in [7, 11) is 3.61. The Balaban J connectivity index is 2.02. The van der Waals surface area contributed by atoms with Gasteiger partial charge in [0.1, 0.15) is 5.69 Å². The number of hydrogen-bond acceptors (Lipinski definition) is 3. The highest BCUT2D eigenvalue weighted by Crippen LogP contribution is 2.14. The molecule has 0 radical (unpaired) electrons. The Labute approximate surface area is 108 Å². The molecule has 1 N–H and O–H groups in total. The van der Waals surface area contributed by atoms with Crippen LogP contribution in [0.2, 0.25) is 0 Å². The fourth-order valence-electron chi connectivity index (χ4n) is 2.34. The summed E-state index contributed by atoms with van der Waals surface area (Å²) in [6.07, 6.45) is 2.96. The summed E-state index contributed by atoms with van der Waals surface area (Å²) in [6, 6.07) is 4.22. The van der Waals surface area contributed by atoms with Gasteiger partial charge in [-0.2, -0.15) is 0 Å². The van der Waals surface area contributed by atoms with Crippen LogP contribution < -0.4 is 5.32 Å². The van der Waals surface area contributed by atoms with Crippen LogP contribution in [0.15, 0.2) is 18.3 Å². The predicted molar refractivity (Wildman–Crippen MR) is 69.7 cm³/mol. The summed E-state index contributed by atoms with van der Waals surface area (Å²) in [4.78, 5) is 14.3. The van der Waals surface area contributed by atoms with Crippen molar-refractivity contribution in [1.29, 1.82) is 0 Å². The van der Waals surface area contributed by atoms with Crippen molar-refractivity contribution in [3.05, 3.63) is 24.0 Å². The lowest BCUT2D eigenvalue weighted by atomic mass is 10.3. The van der Waals surface area contributed by atoms with Gasteiger partial charge in [-0.3, -0.25) is 4.79 Å². The molecule has 100 valence electrons. The maximum Gasteiger partial charge on any atom is 0.270 e. The second kappa shape index (κ2) is 6.02. The van der Waals surface area contributed by atoms with E-state index in [0.29, 0.717) is 19.2 Å². The van der Waals surface area contributed by atoms with E-state index in [1.807, 2.05) is 34.8 Å². The number of carbonyl (C=O) groups is 1. The minimum Gasteiger partial charge on any atom is -0.383 e. The Morgan fingerprint density at radius 1 is 1.61 bits per heavy atom.